The molecule has 28 heavy (non-hydrogen) atoms. The average molecular weight is 387 g/mol. The van der Waals surface area contributed by atoms with E-state index in [-0.39, 0.29) is 5.82 Å². The van der Waals surface area contributed by atoms with Gasteiger partial charge in [-0.1, -0.05) is 48.0 Å². The Morgan fingerprint density at radius 2 is 1.36 bits per heavy atom. The highest BCUT2D eigenvalue weighted by atomic mass is 35.5. The Balaban J connectivity index is 1.76. The molecule has 2 aromatic heterocycles. The van der Waals surface area contributed by atoms with Crippen molar-refractivity contribution < 1.29 is 13.2 Å². The molecule has 4 heteroatoms. The molecule has 0 spiro atoms. The van der Waals surface area contributed by atoms with Crippen LogP contribution in [-0.4, -0.2) is 0 Å². The van der Waals surface area contributed by atoms with E-state index in [1.807, 2.05) is 48.5 Å². The van der Waals surface area contributed by atoms with E-state index >= 15 is 0 Å². The largest absolute Gasteiger partial charge is 0.455 e. The maximum Gasteiger partial charge on any atom is 0.143 e. The number of para-hydroxylation sites is 2. The number of benzene rings is 4. The predicted octanol–water partition coefficient (Wildman–Crippen LogP) is 7.94. The number of fused-ring (bicyclic) bond motifs is 6. The summed E-state index contributed by atoms with van der Waals surface area (Å²) in [5, 5.41) is 4.15. The summed E-state index contributed by atoms with van der Waals surface area (Å²) in [5.74, 6) is -0.326. The van der Waals surface area contributed by atoms with Crippen molar-refractivity contribution in [2.45, 2.75) is 0 Å². The summed E-state index contributed by atoms with van der Waals surface area (Å²) in [6.45, 7) is 0. The van der Waals surface area contributed by atoms with Crippen LogP contribution in [0, 0.1) is 5.82 Å². The molecule has 4 aromatic carbocycles. The lowest BCUT2D eigenvalue weighted by molar-refractivity contribution is 0.626. The van der Waals surface area contributed by atoms with E-state index in [1.165, 1.54) is 12.1 Å². The van der Waals surface area contributed by atoms with Crippen LogP contribution in [0.15, 0.2) is 81.6 Å². The minimum Gasteiger partial charge on any atom is -0.455 e. The smallest absolute Gasteiger partial charge is 0.143 e. The molecule has 2 nitrogen and oxygen atoms in total. The highest BCUT2D eigenvalue weighted by Crippen LogP contribution is 2.41. The van der Waals surface area contributed by atoms with Gasteiger partial charge in [-0.25, -0.2) is 4.39 Å². The molecule has 0 unspecified atom stereocenters. The maximum atomic E-state index is 14.6. The van der Waals surface area contributed by atoms with Gasteiger partial charge in [-0.05, 0) is 30.3 Å². The fraction of sp³-hybridized carbons (Fsp3) is 0. The standard InChI is InChI=1S/C24H12ClFO2/c25-13-8-9-16-19-11-14(26)12-20(24(19)28-22(16)10-13)18-6-3-5-17-15-4-1-2-7-21(15)27-23(17)18/h1-12H. The van der Waals surface area contributed by atoms with Gasteiger partial charge in [0.05, 0.1) is 0 Å². The SMILES string of the molecule is Fc1cc(-c2cccc3c2oc2ccccc23)c2oc3cc(Cl)ccc3c2c1. The minimum absolute atomic E-state index is 0.326. The lowest BCUT2D eigenvalue weighted by Gasteiger charge is -2.04. The summed E-state index contributed by atoms with van der Waals surface area (Å²) in [6, 6.07) is 22.2. The third kappa shape index (κ3) is 2.14. The van der Waals surface area contributed by atoms with Crippen LogP contribution in [0.4, 0.5) is 4.39 Å². The Morgan fingerprint density at radius 1 is 0.607 bits per heavy atom. The van der Waals surface area contributed by atoms with Gasteiger partial charge in [-0.3, -0.25) is 0 Å². The first kappa shape index (κ1) is 15.7. The molecule has 0 aliphatic rings. The molecular formula is C24H12ClFO2. The first-order valence-electron chi connectivity index (χ1n) is 8.91. The molecule has 6 rings (SSSR count). The summed E-state index contributed by atoms with van der Waals surface area (Å²) in [5.41, 5.74) is 4.22. The molecule has 2 heterocycles. The van der Waals surface area contributed by atoms with Crippen LogP contribution in [-0.2, 0) is 0 Å². The number of hydrogen-bond acceptors (Lipinski definition) is 2. The monoisotopic (exact) mass is 386 g/mol. The van der Waals surface area contributed by atoms with Gasteiger partial charge in [0.25, 0.3) is 0 Å². The van der Waals surface area contributed by atoms with E-state index in [1.54, 1.807) is 12.1 Å². The number of halogens is 2. The van der Waals surface area contributed by atoms with Gasteiger partial charge >= 0.3 is 0 Å². The van der Waals surface area contributed by atoms with Crippen LogP contribution in [0.2, 0.25) is 5.02 Å². The summed E-state index contributed by atoms with van der Waals surface area (Å²) >= 11 is 6.11. The molecule has 134 valence electrons. The average Bonchev–Trinajstić information content (AvgIpc) is 3.25. The Kier molecular flexibility index (Phi) is 3.15. The van der Waals surface area contributed by atoms with Crippen molar-refractivity contribution in [3.8, 4) is 11.1 Å². The molecule has 0 atom stereocenters. The Morgan fingerprint density at radius 3 is 2.29 bits per heavy atom. The zero-order chi connectivity index (χ0) is 18.8. The Labute approximate surface area is 163 Å². The van der Waals surface area contributed by atoms with Gasteiger partial charge < -0.3 is 8.83 Å². The molecule has 0 aliphatic heterocycles. The number of rotatable bonds is 1. The van der Waals surface area contributed by atoms with Gasteiger partial charge in [0.1, 0.15) is 28.1 Å². The van der Waals surface area contributed by atoms with Crippen LogP contribution in [0.25, 0.3) is 55.0 Å². The van der Waals surface area contributed by atoms with Crippen molar-refractivity contribution in [3.63, 3.8) is 0 Å². The zero-order valence-electron chi connectivity index (χ0n) is 14.5. The van der Waals surface area contributed by atoms with E-state index in [2.05, 4.69) is 0 Å². The topological polar surface area (TPSA) is 26.3 Å². The van der Waals surface area contributed by atoms with Crippen LogP contribution in [0.3, 0.4) is 0 Å². The second kappa shape index (κ2) is 5.60. The van der Waals surface area contributed by atoms with E-state index in [0.29, 0.717) is 27.3 Å². The lowest BCUT2D eigenvalue weighted by Crippen LogP contribution is -1.83. The summed E-state index contributed by atoms with van der Waals surface area (Å²) in [6.07, 6.45) is 0. The maximum absolute atomic E-state index is 14.6. The van der Waals surface area contributed by atoms with Crippen molar-refractivity contribution in [1.29, 1.82) is 0 Å². The first-order chi connectivity index (χ1) is 13.7. The highest BCUT2D eigenvalue weighted by molar-refractivity contribution is 6.31. The normalized spacial score (nSPS) is 11.9. The van der Waals surface area contributed by atoms with Crippen molar-refractivity contribution in [3.05, 3.63) is 83.6 Å². The second-order valence-electron chi connectivity index (χ2n) is 6.85. The fourth-order valence-corrected chi connectivity index (χ4v) is 4.14. The number of hydrogen-bond donors (Lipinski definition) is 0. The van der Waals surface area contributed by atoms with Gasteiger partial charge in [0, 0.05) is 43.8 Å². The van der Waals surface area contributed by atoms with Crippen LogP contribution >= 0.6 is 11.6 Å². The summed E-state index contributed by atoms with van der Waals surface area (Å²) in [4.78, 5) is 0. The third-order valence-corrected chi connectivity index (χ3v) is 5.43. The highest BCUT2D eigenvalue weighted by Gasteiger charge is 2.18. The molecule has 6 aromatic rings. The molecule has 0 bridgehead atoms. The first-order valence-corrected chi connectivity index (χ1v) is 9.29. The molecule has 0 N–H and O–H groups in total. The van der Waals surface area contributed by atoms with Crippen molar-refractivity contribution in [2.75, 3.05) is 0 Å². The van der Waals surface area contributed by atoms with E-state index in [9.17, 15) is 4.39 Å². The minimum atomic E-state index is -0.326. The molecule has 0 amide bonds. The second-order valence-corrected chi connectivity index (χ2v) is 7.29. The van der Waals surface area contributed by atoms with Gasteiger partial charge in [0.2, 0.25) is 0 Å². The van der Waals surface area contributed by atoms with Crippen LogP contribution < -0.4 is 0 Å². The van der Waals surface area contributed by atoms with E-state index < -0.39 is 0 Å². The quantitative estimate of drug-likeness (QED) is 0.286. The van der Waals surface area contributed by atoms with Crippen LogP contribution in [0.5, 0.6) is 0 Å². The molecule has 0 radical (unpaired) electrons. The molecular weight excluding hydrogens is 375 g/mol. The van der Waals surface area contributed by atoms with Gasteiger partial charge in [0.15, 0.2) is 0 Å². The molecule has 0 aliphatic carbocycles. The molecule has 0 saturated heterocycles. The van der Waals surface area contributed by atoms with Gasteiger partial charge in [-0.15, -0.1) is 0 Å². The number of furan rings is 2. The zero-order valence-corrected chi connectivity index (χ0v) is 15.3. The predicted molar refractivity (Wildman–Crippen MR) is 111 cm³/mol. The summed E-state index contributed by atoms with van der Waals surface area (Å²) in [7, 11) is 0. The molecule has 0 fully saturated rings. The van der Waals surface area contributed by atoms with Crippen molar-refractivity contribution in [2.24, 2.45) is 0 Å². The molecule has 0 saturated carbocycles. The van der Waals surface area contributed by atoms with E-state index in [4.69, 9.17) is 20.4 Å². The van der Waals surface area contributed by atoms with E-state index in [0.717, 1.165) is 32.7 Å². The summed E-state index contributed by atoms with van der Waals surface area (Å²) < 4.78 is 26.8. The lowest BCUT2D eigenvalue weighted by atomic mass is 9.99. The van der Waals surface area contributed by atoms with Crippen LogP contribution in [0.1, 0.15) is 0 Å². The third-order valence-electron chi connectivity index (χ3n) is 5.19. The Bertz CT molecular complexity index is 1540. The van der Waals surface area contributed by atoms with Crippen molar-refractivity contribution in [1.82, 2.24) is 0 Å². The van der Waals surface area contributed by atoms with Crippen molar-refractivity contribution >= 4 is 55.5 Å². The van der Waals surface area contributed by atoms with Gasteiger partial charge in [-0.2, -0.15) is 0 Å². The Hall–Kier alpha value is -3.30. The fourth-order valence-electron chi connectivity index (χ4n) is 3.98.